The standard InChI is InChI=1S/C19H27ClN4O2/c1-14(19(26)24-7-3-4-15(13-24)18(21)25)22-8-10-23(11-9-22)17-6-2-5-16(20)12-17/h2,5-6,12,14-15H,3-4,7-11,13H2,1H3,(H2,21,25)/t14-,15+/m0/s1. The van der Waals surface area contributed by atoms with E-state index in [2.05, 4.69) is 15.9 Å². The highest BCUT2D eigenvalue weighted by molar-refractivity contribution is 6.30. The van der Waals surface area contributed by atoms with Gasteiger partial charge < -0.3 is 15.5 Å². The molecule has 0 aromatic heterocycles. The number of rotatable bonds is 4. The maximum absolute atomic E-state index is 12.9. The Kier molecular flexibility index (Phi) is 6.04. The molecule has 0 unspecified atom stereocenters. The van der Waals surface area contributed by atoms with Crippen molar-refractivity contribution in [2.45, 2.75) is 25.8 Å². The number of hydrogen-bond donors (Lipinski definition) is 1. The third-order valence-electron chi connectivity index (χ3n) is 5.53. The fraction of sp³-hybridized carbons (Fsp3) is 0.579. The third kappa shape index (κ3) is 4.30. The largest absolute Gasteiger partial charge is 0.369 e. The number of hydrogen-bond acceptors (Lipinski definition) is 4. The van der Waals surface area contributed by atoms with Gasteiger partial charge in [-0.05, 0) is 38.0 Å². The van der Waals surface area contributed by atoms with E-state index in [0.717, 1.165) is 56.3 Å². The number of piperazine rings is 1. The Morgan fingerprint density at radius 3 is 2.58 bits per heavy atom. The summed E-state index contributed by atoms with van der Waals surface area (Å²) in [5, 5.41) is 0.738. The van der Waals surface area contributed by atoms with Gasteiger partial charge in [-0.2, -0.15) is 0 Å². The van der Waals surface area contributed by atoms with Gasteiger partial charge >= 0.3 is 0 Å². The highest BCUT2D eigenvalue weighted by Crippen LogP contribution is 2.22. The molecule has 2 heterocycles. The molecule has 0 spiro atoms. The van der Waals surface area contributed by atoms with Crippen molar-refractivity contribution in [3.63, 3.8) is 0 Å². The zero-order chi connectivity index (χ0) is 18.7. The molecule has 26 heavy (non-hydrogen) atoms. The molecule has 6 nitrogen and oxygen atoms in total. The molecule has 7 heteroatoms. The van der Waals surface area contributed by atoms with Crippen molar-refractivity contribution in [1.82, 2.24) is 9.80 Å². The lowest BCUT2D eigenvalue weighted by Crippen LogP contribution is -2.56. The van der Waals surface area contributed by atoms with E-state index in [-0.39, 0.29) is 23.8 Å². The first kappa shape index (κ1) is 19.0. The Balaban J connectivity index is 1.55. The van der Waals surface area contributed by atoms with Crippen LogP contribution in [0.2, 0.25) is 5.02 Å². The topological polar surface area (TPSA) is 69.9 Å². The predicted molar refractivity (Wildman–Crippen MR) is 103 cm³/mol. The zero-order valence-corrected chi connectivity index (χ0v) is 16.0. The molecule has 2 saturated heterocycles. The van der Waals surface area contributed by atoms with Gasteiger partial charge in [-0.25, -0.2) is 0 Å². The lowest BCUT2D eigenvalue weighted by Gasteiger charge is -2.41. The van der Waals surface area contributed by atoms with Crippen LogP contribution in [0.15, 0.2) is 24.3 Å². The molecule has 2 N–H and O–H groups in total. The van der Waals surface area contributed by atoms with Crippen LogP contribution in [0.5, 0.6) is 0 Å². The summed E-state index contributed by atoms with van der Waals surface area (Å²) >= 11 is 6.08. The van der Waals surface area contributed by atoms with Gasteiger partial charge in [0.1, 0.15) is 0 Å². The van der Waals surface area contributed by atoms with Gasteiger partial charge in [0.2, 0.25) is 11.8 Å². The number of carbonyl (C=O) groups is 2. The zero-order valence-electron chi connectivity index (χ0n) is 15.2. The van der Waals surface area contributed by atoms with Crippen LogP contribution in [0, 0.1) is 5.92 Å². The summed E-state index contributed by atoms with van der Waals surface area (Å²) < 4.78 is 0. The van der Waals surface area contributed by atoms with Crippen molar-refractivity contribution in [2.75, 3.05) is 44.2 Å². The Hall–Kier alpha value is -1.79. The van der Waals surface area contributed by atoms with Gasteiger partial charge in [0.05, 0.1) is 12.0 Å². The van der Waals surface area contributed by atoms with Crippen molar-refractivity contribution in [2.24, 2.45) is 11.7 Å². The van der Waals surface area contributed by atoms with Crippen molar-refractivity contribution >= 4 is 29.1 Å². The molecule has 0 saturated carbocycles. The number of nitrogens with zero attached hydrogens (tertiary/aromatic N) is 3. The first-order chi connectivity index (χ1) is 12.5. The number of piperidine rings is 1. The van der Waals surface area contributed by atoms with Crippen LogP contribution in [-0.4, -0.2) is 66.9 Å². The van der Waals surface area contributed by atoms with Crippen molar-refractivity contribution in [1.29, 1.82) is 0 Å². The number of amides is 2. The fourth-order valence-corrected chi connectivity index (χ4v) is 4.05. The molecule has 142 valence electrons. The monoisotopic (exact) mass is 378 g/mol. The van der Waals surface area contributed by atoms with Gasteiger partial charge in [0.25, 0.3) is 0 Å². The Bertz CT molecular complexity index is 661. The van der Waals surface area contributed by atoms with Crippen molar-refractivity contribution in [3.8, 4) is 0 Å². The van der Waals surface area contributed by atoms with E-state index in [1.807, 2.05) is 30.0 Å². The predicted octanol–water partition coefficient (Wildman–Crippen LogP) is 1.57. The van der Waals surface area contributed by atoms with Crippen molar-refractivity contribution < 1.29 is 9.59 Å². The number of carbonyl (C=O) groups excluding carboxylic acids is 2. The van der Waals surface area contributed by atoms with Crippen LogP contribution >= 0.6 is 11.6 Å². The first-order valence-electron chi connectivity index (χ1n) is 9.28. The number of anilines is 1. The number of nitrogens with two attached hydrogens (primary N) is 1. The Morgan fingerprint density at radius 2 is 1.92 bits per heavy atom. The summed E-state index contributed by atoms with van der Waals surface area (Å²) in [6.45, 7) is 6.52. The lowest BCUT2D eigenvalue weighted by atomic mass is 9.97. The second-order valence-electron chi connectivity index (χ2n) is 7.20. The summed E-state index contributed by atoms with van der Waals surface area (Å²) in [5.74, 6) is -0.406. The van der Waals surface area contributed by atoms with Gasteiger partial charge in [-0.1, -0.05) is 17.7 Å². The normalized spacial score (nSPS) is 22.9. The maximum Gasteiger partial charge on any atom is 0.239 e. The average molecular weight is 379 g/mol. The molecular weight excluding hydrogens is 352 g/mol. The minimum Gasteiger partial charge on any atom is -0.369 e. The van der Waals surface area contributed by atoms with Crippen LogP contribution in [0.25, 0.3) is 0 Å². The number of halogens is 1. The van der Waals surface area contributed by atoms with Gasteiger partial charge in [0, 0.05) is 50.0 Å². The molecule has 0 bridgehead atoms. The average Bonchev–Trinajstić information content (AvgIpc) is 2.67. The SMILES string of the molecule is C[C@@H](C(=O)N1CCC[C@@H](C(N)=O)C1)N1CCN(c2cccc(Cl)c2)CC1. The molecule has 0 radical (unpaired) electrons. The number of benzene rings is 1. The molecule has 0 aliphatic carbocycles. The summed E-state index contributed by atoms with van der Waals surface area (Å²) in [6.07, 6.45) is 1.63. The summed E-state index contributed by atoms with van der Waals surface area (Å²) in [6, 6.07) is 7.70. The van der Waals surface area contributed by atoms with E-state index in [4.69, 9.17) is 17.3 Å². The summed E-state index contributed by atoms with van der Waals surface area (Å²) in [5.41, 5.74) is 6.55. The molecule has 3 rings (SSSR count). The van der Waals surface area contributed by atoms with E-state index >= 15 is 0 Å². The third-order valence-corrected chi connectivity index (χ3v) is 5.76. The fourth-order valence-electron chi connectivity index (χ4n) is 3.87. The summed E-state index contributed by atoms with van der Waals surface area (Å²) in [7, 11) is 0. The molecule has 2 aliphatic rings. The van der Waals surface area contributed by atoms with Crippen LogP contribution in [0.3, 0.4) is 0 Å². The minimum absolute atomic E-state index is 0.104. The lowest BCUT2D eigenvalue weighted by molar-refractivity contribution is -0.139. The second-order valence-corrected chi connectivity index (χ2v) is 7.64. The quantitative estimate of drug-likeness (QED) is 0.863. The molecule has 1 aromatic rings. The van der Waals surface area contributed by atoms with E-state index in [1.54, 1.807) is 0 Å². The van der Waals surface area contributed by atoms with E-state index in [1.165, 1.54) is 0 Å². The second kappa shape index (κ2) is 8.27. The van der Waals surface area contributed by atoms with E-state index in [0.29, 0.717) is 6.54 Å². The van der Waals surface area contributed by atoms with Crippen LogP contribution in [0.1, 0.15) is 19.8 Å². The number of primary amides is 1. The van der Waals surface area contributed by atoms with Gasteiger partial charge in [0.15, 0.2) is 0 Å². The van der Waals surface area contributed by atoms with E-state index in [9.17, 15) is 9.59 Å². The van der Waals surface area contributed by atoms with Crippen LogP contribution < -0.4 is 10.6 Å². The molecule has 1 aromatic carbocycles. The smallest absolute Gasteiger partial charge is 0.239 e. The molecule has 2 aliphatic heterocycles. The maximum atomic E-state index is 12.9. The molecular formula is C19H27ClN4O2. The minimum atomic E-state index is -0.301. The van der Waals surface area contributed by atoms with Crippen molar-refractivity contribution in [3.05, 3.63) is 29.3 Å². The Labute approximate surface area is 159 Å². The molecule has 2 amide bonds. The van der Waals surface area contributed by atoms with E-state index < -0.39 is 0 Å². The first-order valence-corrected chi connectivity index (χ1v) is 9.66. The van der Waals surface area contributed by atoms with Crippen LogP contribution in [0.4, 0.5) is 5.69 Å². The highest BCUT2D eigenvalue weighted by Gasteiger charge is 2.32. The van der Waals surface area contributed by atoms with Gasteiger partial charge in [-0.3, -0.25) is 14.5 Å². The highest BCUT2D eigenvalue weighted by atomic mass is 35.5. The van der Waals surface area contributed by atoms with Crippen LogP contribution in [-0.2, 0) is 9.59 Å². The number of likely N-dealkylation sites (tertiary alicyclic amines) is 1. The summed E-state index contributed by atoms with van der Waals surface area (Å²) in [4.78, 5) is 30.6. The Morgan fingerprint density at radius 1 is 1.19 bits per heavy atom. The molecule has 2 fully saturated rings. The molecule has 2 atom stereocenters. The van der Waals surface area contributed by atoms with Gasteiger partial charge in [-0.15, -0.1) is 0 Å².